The van der Waals surface area contributed by atoms with Crippen LogP contribution in [0.25, 0.3) is 0 Å². The van der Waals surface area contributed by atoms with Gasteiger partial charge in [-0.05, 0) is 37.3 Å². The van der Waals surface area contributed by atoms with Gasteiger partial charge in [0.05, 0.1) is 6.20 Å². The molecule has 1 amide bonds. The molecule has 6 nitrogen and oxygen atoms in total. The maximum Gasteiger partial charge on any atom is 0.274 e. The van der Waals surface area contributed by atoms with Crippen molar-refractivity contribution >= 4 is 11.6 Å². The third kappa shape index (κ3) is 4.27. The van der Waals surface area contributed by atoms with E-state index in [1.165, 1.54) is 24.1 Å². The Kier molecular flexibility index (Phi) is 5.63. The number of para-hydroxylation sites is 1. The number of anilines is 1. The minimum absolute atomic E-state index is 0.00789. The molecule has 0 bridgehead atoms. The molecule has 2 aliphatic rings. The van der Waals surface area contributed by atoms with Gasteiger partial charge in [0.15, 0.2) is 0 Å². The first-order valence-electron chi connectivity index (χ1n) is 9.93. The Morgan fingerprint density at radius 3 is 2.81 bits per heavy atom. The average Bonchev–Trinajstić information content (AvgIpc) is 2.74. The molecule has 0 unspecified atom stereocenters. The fourth-order valence-corrected chi connectivity index (χ4v) is 4.11. The number of benzene rings is 1. The maximum atomic E-state index is 12.4. The van der Waals surface area contributed by atoms with E-state index in [-0.39, 0.29) is 5.91 Å². The van der Waals surface area contributed by atoms with Crippen LogP contribution in [0.15, 0.2) is 42.9 Å². The molecule has 2 aromatic rings. The zero-order valence-electron chi connectivity index (χ0n) is 15.7. The van der Waals surface area contributed by atoms with E-state index in [2.05, 4.69) is 44.5 Å². The molecular formula is C21H27N5O. The number of amides is 1. The number of nitrogens with one attached hydrogen (secondary N) is 1. The van der Waals surface area contributed by atoms with Gasteiger partial charge in [-0.2, -0.15) is 0 Å². The van der Waals surface area contributed by atoms with Crippen LogP contribution in [-0.4, -0.2) is 59.5 Å². The summed E-state index contributed by atoms with van der Waals surface area (Å²) in [6.07, 6.45) is 9.11. The zero-order chi connectivity index (χ0) is 18.5. The van der Waals surface area contributed by atoms with Gasteiger partial charge in [0.25, 0.3) is 5.91 Å². The molecule has 0 atom stereocenters. The second-order valence-corrected chi connectivity index (χ2v) is 7.33. The highest BCUT2D eigenvalue weighted by Crippen LogP contribution is 2.26. The molecule has 0 saturated carbocycles. The van der Waals surface area contributed by atoms with E-state index in [9.17, 15) is 4.79 Å². The first kappa shape index (κ1) is 17.9. The lowest BCUT2D eigenvalue weighted by molar-refractivity contribution is 0.0699. The highest BCUT2D eigenvalue weighted by molar-refractivity contribution is 5.92. The van der Waals surface area contributed by atoms with Crippen molar-refractivity contribution in [3.8, 4) is 0 Å². The van der Waals surface area contributed by atoms with Crippen molar-refractivity contribution in [1.29, 1.82) is 0 Å². The van der Waals surface area contributed by atoms with Crippen LogP contribution in [0.1, 0.15) is 35.3 Å². The lowest BCUT2D eigenvalue weighted by Gasteiger charge is -2.34. The predicted octanol–water partition coefficient (Wildman–Crippen LogP) is 2.12. The fraction of sp³-hybridized carbons (Fsp3) is 0.476. The third-order valence-corrected chi connectivity index (χ3v) is 5.59. The van der Waals surface area contributed by atoms with Gasteiger partial charge in [0.2, 0.25) is 0 Å². The van der Waals surface area contributed by atoms with Gasteiger partial charge >= 0.3 is 0 Å². The number of rotatable bonds is 5. The summed E-state index contributed by atoms with van der Waals surface area (Å²) in [5, 5.41) is 3.69. The van der Waals surface area contributed by atoms with Crippen LogP contribution in [-0.2, 0) is 6.42 Å². The van der Waals surface area contributed by atoms with Crippen molar-refractivity contribution in [3.05, 3.63) is 54.1 Å². The molecule has 0 spiro atoms. The molecule has 4 rings (SSSR count). The summed E-state index contributed by atoms with van der Waals surface area (Å²) in [4.78, 5) is 24.9. The third-order valence-electron chi connectivity index (χ3n) is 5.59. The molecular weight excluding hydrogens is 338 g/mol. The second kappa shape index (κ2) is 8.48. The number of nitrogens with zero attached hydrogens (tertiary/aromatic N) is 4. The van der Waals surface area contributed by atoms with E-state index >= 15 is 0 Å². The number of piperidine rings is 1. The van der Waals surface area contributed by atoms with Crippen LogP contribution in [0.2, 0.25) is 0 Å². The molecule has 2 aliphatic heterocycles. The van der Waals surface area contributed by atoms with Gasteiger partial charge < -0.3 is 15.1 Å². The lowest BCUT2D eigenvalue weighted by Crippen LogP contribution is -2.47. The van der Waals surface area contributed by atoms with Gasteiger partial charge in [0, 0.05) is 56.8 Å². The summed E-state index contributed by atoms with van der Waals surface area (Å²) < 4.78 is 0. The Morgan fingerprint density at radius 2 is 2.00 bits per heavy atom. The van der Waals surface area contributed by atoms with E-state index in [4.69, 9.17) is 0 Å². The van der Waals surface area contributed by atoms with Crippen LogP contribution < -0.4 is 10.2 Å². The number of aromatic nitrogens is 2. The van der Waals surface area contributed by atoms with Crippen molar-refractivity contribution in [2.24, 2.45) is 0 Å². The quantitative estimate of drug-likeness (QED) is 0.879. The van der Waals surface area contributed by atoms with E-state index < -0.39 is 0 Å². The van der Waals surface area contributed by atoms with Gasteiger partial charge in [-0.3, -0.25) is 9.78 Å². The van der Waals surface area contributed by atoms with Crippen LogP contribution in [0.3, 0.4) is 0 Å². The highest BCUT2D eigenvalue weighted by Gasteiger charge is 2.24. The van der Waals surface area contributed by atoms with Crippen LogP contribution >= 0.6 is 0 Å². The number of carbonyl (C=O) groups excluding carboxylic acids is 1. The van der Waals surface area contributed by atoms with Crippen LogP contribution in [0, 0.1) is 0 Å². The predicted molar refractivity (Wildman–Crippen MR) is 106 cm³/mol. The lowest BCUT2D eigenvalue weighted by atomic mass is 10.0. The number of aryl methyl sites for hydroxylation is 1. The summed E-state index contributed by atoms with van der Waals surface area (Å²) in [6, 6.07) is 9.24. The Labute approximate surface area is 160 Å². The first-order chi connectivity index (χ1) is 13.3. The highest BCUT2D eigenvalue weighted by atomic mass is 16.2. The van der Waals surface area contributed by atoms with Gasteiger partial charge in [0.1, 0.15) is 5.69 Å². The van der Waals surface area contributed by atoms with Gasteiger partial charge in [-0.1, -0.05) is 18.2 Å². The van der Waals surface area contributed by atoms with Crippen LogP contribution in [0.5, 0.6) is 0 Å². The molecule has 1 aromatic heterocycles. The first-order valence-corrected chi connectivity index (χ1v) is 9.93. The molecule has 1 N–H and O–H groups in total. The van der Waals surface area contributed by atoms with E-state index in [1.54, 1.807) is 18.6 Å². The Hall–Kier alpha value is -2.47. The molecule has 1 aromatic carbocycles. The number of hydrogen-bond acceptors (Lipinski definition) is 5. The average molecular weight is 365 g/mol. The summed E-state index contributed by atoms with van der Waals surface area (Å²) in [5.41, 5.74) is 3.31. The van der Waals surface area contributed by atoms with Gasteiger partial charge in [-0.25, -0.2) is 4.98 Å². The van der Waals surface area contributed by atoms with Crippen molar-refractivity contribution in [3.63, 3.8) is 0 Å². The molecule has 1 fully saturated rings. The minimum Gasteiger partial charge on any atom is -0.370 e. The largest absolute Gasteiger partial charge is 0.370 e. The Bertz CT molecular complexity index is 758. The Morgan fingerprint density at radius 1 is 1.15 bits per heavy atom. The van der Waals surface area contributed by atoms with E-state index in [0.29, 0.717) is 11.7 Å². The SMILES string of the molecule is O=C(c1cnccn1)N1CCC(NCCN2CCCc3ccccc32)CC1. The molecule has 0 aliphatic carbocycles. The summed E-state index contributed by atoms with van der Waals surface area (Å²) in [6.45, 7) is 4.72. The zero-order valence-corrected chi connectivity index (χ0v) is 15.7. The van der Waals surface area contributed by atoms with Crippen molar-refractivity contribution < 1.29 is 4.79 Å². The fourth-order valence-electron chi connectivity index (χ4n) is 4.11. The standard InChI is InChI=1S/C21H27N5O/c27-21(19-16-22-9-10-24-19)26-13-7-18(8-14-26)23-11-15-25-12-3-5-17-4-1-2-6-20(17)25/h1-2,4,6,9-10,16,18,23H,3,5,7-8,11-15H2. The van der Waals surface area contributed by atoms with E-state index in [1.807, 2.05) is 4.90 Å². The molecule has 27 heavy (non-hydrogen) atoms. The molecule has 1 saturated heterocycles. The smallest absolute Gasteiger partial charge is 0.274 e. The number of carbonyl (C=O) groups is 1. The maximum absolute atomic E-state index is 12.4. The number of likely N-dealkylation sites (tertiary alicyclic amines) is 1. The summed E-state index contributed by atoms with van der Waals surface area (Å²) in [7, 11) is 0. The van der Waals surface area contributed by atoms with Crippen molar-refractivity contribution in [2.75, 3.05) is 37.6 Å². The van der Waals surface area contributed by atoms with E-state index in [0.717, 1.165) is 45.6 Å². The topological polar surface area (TPSA) is 61.4 Å². The molecule has 3 heterocycles. The minimum atomic E-state index is -0.00789. The van der Waals surface area contributed by atoms with Crippen molar-refractivity contribution in [2.45, 2.75) is 31.7 Å². The second-order valence-electron chi connectivity index (χ2n) is 7.33. The Balaban J connectivity index is 1.22. The molecule has 6 heteroatoms. The van der Waals surface area contributed by atoms with Gasteiger partial charge in [-0.15, -0.1) is 0 Å². The molecule has 0 radical (unpaired) electrons. The monoisotopic (exact) mass is 365 g/mol. The number of hydrogen-bond donors (Lipinski definition) is 1. The van der Waals surface area contributed by atoms with Crippen LogP contribution in [0.4, 0.5) is 5.69 Å². The summed E-state index contributed by atoms with van der Waals surface area (Å²) >= 11 is 0. The van der Waals surface area contributed by atoms with Crippen molar-refractivity contribution in [1.82, 2.24) is 20.2 Å². The number of fused-ring (bicyclic) bond motifs is 1. The summed E-state index contributed by atoms with van der Waals surface area (Å²) in [5.74, 6) is -0.00789. The normalized spacial score (nSPS) is 17.6. The molecule has 142 valence electrons.